The van der Waals surface area contributed by atoms with Gasteiger partial charge in [0.05, 0.1) is 6.54 Å². The zero-order valence-electron chi connectivity index (χ0n) is 21.6. The number of hydrogen-bond donors (Lipinski definition) is 1. The van der Waals surface area contributed by atoms with Crippen LogP contribution in [0.1, 0.15) is 42.4 Å². The fourth-order valence-corrected chi connectivity index (χ4v) is 5.35. The Labute approximate surface area is 213 Å². The largest absolute Gasteiger partial charge is 0.459 e. The first-order chi connectivity index (χ1) is 17.5. The summed E-state index contributed by atoms with van der Waals surface area (Å²) >= 11 is 0. The molecule has 7 nitrogen and oxygen atoms in total. The van der Waals surface area contributed by atoms with Gasteiger partial charge in [-0.1, -0.05) is 42.5 Å². The third-order valence-corrected chi connectivity index (χ3v) is 7.16. The SMILES string of the molecule is CCO[C@@H]1OC(C(=O)N(C)CC(OC)OC)=C[C@H](c2cccc3c2Cc2ccccc2-3)[C@@H]1CCCO. The molecule has 0 radical (unpaired) electrons. The topological polar surface area (TPSA) is 77.5 Å². The molecule has 3 atom stereocenters. The number of rotatable bonds is 11. The molecule has 1 amide bonds. The number of likely N-dealkylation sites (N-methyl/N-ethyl adjacent to an activating group) is 1. The van der Waals surface area contributed by atoms with Gasteiger partial charge in [0.1, 0.15) is 0 Å². The Morgan fingerprint density at radius 1 is 1.14 bits per heavy atom. The summed E-state index contributed by atoms with van der Waals surface area (Å²) in [5, 5.41) is 9.61. The fourth-order valence-electron chi connectivity index (χ4n) is 5.35. The first kappa shape index (κ1) is 26.4. The molecule has 36 heavy (non-hydrogen) atoms. The molecule has 0 saturated heterocycles. The molecule has 0 bridgehead atoms. The van der Waals surface area contributed by atoms with Crippen molar-refractivity contribution >= 4 is 5.91 Å². The third-order valence-electron chi connectivity index (χ3n) is 7.16. The van der Waals surface area contributed by atoms with Crippen molar-refractivity contribution in [1.29, 1.82) is 0 Å². The second-order valence-electron chi connectivity index (χ2n) is 9.32. The second kappa shape index (κ2) is 12.0. The number of nitrogens with zero attached hydrogens (tertiary/aromatic N) is 1. The Morgan fingerprint density at radius 3 is 2.61 bits per heavy atom. The lowest BCUT2D eigenvalue weighted by molar-refractivity contribution is -0.172. The van der Waals surface area contributed by atoms with E-state index in [2.05, 4.69) is 42.5 Å². The Morgan fingerprint density at radius 2 is 1.89 bits per heavy atom. The van der Waals surface area contributed by atoms with Crippen LogP contribution in [0.2, 0.25) is 0 Å². The number of methoxy groups -OCH3 is 2. The molecule has 2 aliphatic rings. The molecule has 1 aliphatic carbocycles. The second-order valence-corrected chi connectivity index (χ2v) is 9.32. The van der Waals surface area contributed by atoms with Crippen LogP contribution in [-0.2, 0) is 30.2 Å². The van der Waals surface area contributed by atoms with Gasteiger partial charge in [-0.25, -0.2) is 0 Å². The molecule has 7 heteroatoms. The molecular formula is C29H37NO6. The molecule has 0 aromatic heterocycles. The lowest BCUT2D eigenvalue weighted by atomic mass is 9.78. The van der Waals surface area contributed by atoms with Gasteiger partial charge in [-0.15, -0.1) is 0 Å². The van der Waals surface area contributed by atoms with Crippen molar-refractivity contribution in [2.24, 2.45) is 5.92 Å². The summed E-state index contributed by atoms with van der Waals surface area (Å²) in [4.78, 5) is 15.0. The highest BCUT2D eigenvalue weighted by Crippen LogP contribution is 2.46. The Kier molecular flexibility index (Phi) is 8.80. The average Bonchev–Trinajstić information content (AvgIpc) is 3.29. The van der Waals surface area contributed by atoms with Gasteiger partial charge in [-0.05, 0) is 60.1 Å². The summed E-state index contributed by atoms with van der Waals surface area (Å²) in [5.41, 5.74) is 6.28. The van der Waals surface area contributed by atoms with Crippen LogP contribution < -0.4 is 0 Å². The quantitative estimate of drug-likeness (QED) is 0.404. The molecule has 0 saturated carbocycles. The highest BCUT2D eigenvalue weighted by Gasteiger charge is 2.40. The summed E-state index contributed by atoms with van der Waals surface area (Å²) in [6, 6.07) is 14.9. The number of aliphatic hydroxyl groups is 1. The maximum Gasteiger partial charge on any atom is 0.288 e. The normalized spacial score (nSPS) is 20.5. The van der Waals surface area contributed by atoms with Crippen LogP contribution >= 0.6 is 0 Å². The van der Waals surface area contributed by atoms with E-state index >= 15 is 0 Å². The van der Waals surface area contributed by atoms with E-state index in [-0.39, 0.29) is 36.7 Å². The van der Waals surface area contributed by atoms with Crippen LogP contribution in [0.5, 0.6) is 0 Å². The van der Waals surface area contributed by atoms with E-state index in [1.54, 1.807) is 26.2 Å². The van der Waals surface area contributed by atoms with Gasteiger partial charge in [0, 0.05) is 46.3 Å². The smallest absolute Gasteiger partial charge is 0.288 e. The van der Waals surface area contributed by atoms with Crippen LogP contribution in [0, 0.1) is 5.92 Å². The molecular weight excluding hydrogens is 458 g/mol. The van der Waals surface area contributed by atoms with E-state index in [1.165, 1.54) is 27.8 Å². The van der Waals surface area contributed by atoms with Crippen molar-refractivity contribution in [2.45, 2.75) is 44.7 Å². The van der Waals surface area contributed by atoms with Crippen molar-refractivity contribution < 1.29 is 28.8 Å². The fraction of sp³-hybridized carbons (Fsp3) is 0.483. The van der Waals surface area contributed by atoms with Crippen molar-refractivity contribution in [1.82, 2.24) is 4.90 Å². The third kappa shape index (κ3) is 5.34. The molecule has 0 unspecified atom stereocenters. The molecule has 2 aromatic rings. The van der Waals surface area contributed by atoms with E-state index in [0.717, 1.165) is 6.42 Å². The minimum Gasteiger partial charge on any atom is -0.459 e. The number of aliphatic hydroxyl groups excluding tert-OH is 1. The zero-order valence-corrected chi connectivity index (χ0v) is 21.6. The number of ether oxygens (including phenoxy) is 4. The number of hydrogen-bond acceptors (Lipinski definition) is 6. The number of carbonyl (C=O) groups excluding carboxylic acids is 1. The summed E-state index contributed by atoms with van der Waals surface area (Å²) in [7, 11) is 4.80. The number of fused-ring (bicyclic) bond motifs is 3. The van der Waals surface area contributed by atoms with Crippen LogP contribution in [0.15, 0.2) is 54.3 Å². The van der Waals surface area contributed by atoms with E-state index in [1.807, 2.05) is 13.0 Å². The summed E-state index contributed by atoms with van der Waals surface area (Å²) in [6.07, 6.45) is 3.02. The van der Waals surface area contributed by atoms with Crippen molar-refractivity contribution in [3.63, 3.8) is 0 Å². The van der Waals surface area contributed by atoms with E-state index < -0.39 is 12.6 Å². The number of allylic oxidation sites excluding steroid dienone is 1. The van der Waals surface area contributed by atoms with Gasteiger partial charge in [0.2, 0.25) is 6.29 Å². The standard InChI is InChI=1S/C29H37NO6/c1-5-35-29-23(14-9-15-31)25(17-26(36-29)28(32)30(2)18-27(33-3)34-4)22-13-8-12-21-20-11-7-6-10-19(20)16-24(21)22/h6-8,10-13,17,23,25,27,29,31H,5,9,14-16,18H2,1-4H3/t23-,25+,29+/m0/s1. The highest BCUT2D eigenvalue weighted by molar-refractivity contribution is 5.91. The molecule has 2 aromatic carbocycles. The van der Waals surface area contributed by atoms with Gasteiger partial charge in [-0.3, -0.25) is 4.79 Å². The van der Waals surface area contributed by atoms with Crippen LogP contribution in [-0.4, -0.2) is 69.5 Å². The predicted molar refractivity (Wildman–Crippen MR) is 137 cm³/mol. The molecule has 0 spiro atoms. The summed E-state index contributed by atoms with van der Waals surface area (Å²) in [6.45, 7) is 2.73. The van der Waals surface area contributed by atoms with Crippen molar-refractivity contribution in [3.05, 3.63) is 71.0 Å². The minimum atomic E-state index is -0.593. The molecule has 194 valence electrons. The van der Waals surface area contributed by atoms with E-state index in [9.17, 15) is 9.90 Å². The molecule has 1 heterocycles. The van der Waals surface area contributed by atoms with Gasteiger partial charge in [0.25, 0.3) is 5.91 Å². The number of benzene rings is 2. The lowest BCUT2D eigenvalue weighted by Crippen LogP contribution is -2.42. The van der Waals surface area contributed by atoms with Crippen LogP contribution in [0.3, 0.4) is 0 Å². The Balaban J connectivity index is 1.74. The maximum absolute atomic E-state index is 13.5. The van der Waals surface area contributed by atoms with Gasteiger partial charge >= 0.3 is 0 Å². The van der Waals surface area contributed by atoms with Crippen LogP contribution in [0.25, 0.3) is 11.1 Å². The average molecular weight is 496 g/mol. The number of carbonyl (C=O) groups is 1. The van der Waals surface area contributed by atoms with E-state index in [0.29, 0.717) is 19.4 Å². The minimum absolute atomic E-state index is 0.0418. The maximum atomic E-state index is 13.5. The molecule has 0 fully saturated rings. The Hall–Kier alpha value is -2.71. The molecule has 1 N–H and O–H groups in total. The van der Waals surface area contributed by atoms with Gasteiger partial charge in [-0.2, -0.15) is 0 Å². The summed E-state index contributed by atoms with van der Waals surface area (Å²) < 4.78 is 22.8. The predicted octanol–water partition coefficient (Wildman–Crippen LogP) is 4.08. The highest BCUT2D eigenvalue weighted by atomic mass is 16.7. The first-order valence-corrected chi connectivity index (χ1v) is 12.6. The zero-order chi connectivity index (χ0) is 25.7. The first-order valence-electron chi connectivity index (χ1n) is 12.6. The van der Waals surface area contributed by atoms with Crippen molar-refractivity contribution in [3.8, 4) is 11.1 Å². The molecule has 4 rings (SSSR count). The van der Waals surface area contributed by atoms with Gasteiger partial charge in [0.15, 0.2) is 12.0 Å². The monoisotopic (exact) mass is 495 g/mol. The Bertz CT molecular complexity index is 1080. The van der Waals surface area contributed by atoms with E-state index in [4.69, 9.17) is 18.9 Å². The van der Waals surface area contributed by atoms with Crippen molar-refractivity contribution in [2.75, 3.05) is 41.0 Å². The number of amides is 1. The summed E-state index contributed by atoms with van der Waals surface area (Å²) in [5.74, 6) is -0.125. The van der Waals surface area contributed by atoms with Crippen LogP contribution in [0.4, 0.5) is 0 Å². The van der Waals surface area contributed by atoms with Gasteiger partial charge < -0.3 is 29.0 Å². The lowest BCUT2D eigenvalue weighted by Gasteiger charge is -2.38. The molecule has 1 aliphatic heterocycles.